The van der Waals surface area contributed by atoms with Crippen molar-refractivity contribution in [2.75, 3.05) is 45.9 Å². The van der Waals surface area contributed by atoms with Gasteiger partial charge in [0.05, 0.1) is 25.5 Å². The Kier molecular flexibility index (Phi) is 5.16. The summed E-state index contributed by atoms with van der Waals surface area (Å²) in [5, 5.41) is 0. The van der Waals surface area contributed by atoms with Crippen LogP contribution in [0.25, 0.3) is 0 Å². The maximum atomic E-state index is 5.45. The zero-order valence-corrected chi connectivity index (χ0v) is 14.3. The van der Waals surface area contributed by atoms with Crippen LogP contribution in [0.5, 0.6) is 0 Å². The number of rotatable bonds is 4. The highest BCUT2D eigenvalue weighted by atomic mass is 16.5. The van der Waals surface area contributed by atoms with E-state index in [-0.39, 0.29) is 0 Å². The first-order valence-electron chi connectivity index (χ1n) is 8.64. The van der Waals surface area contributed by atoms with Crippen molar-refractivity contribution >= 4 is 0 Å². The quantitative estimate of drug-likeness (QED) is 0.846. The molecule has 1 aromatic heterocycles. The lowest BCUT2D eigenvalue weighted by Crippen LogP contribution is -2.44. The maximum absolute atomic E-state index is 5.45. The van der Waals surface area contributed by atoms with Crippen LogP contribution in [0.3, 0.4) is 0 Å². The van der Waals surface area contributed by atoms with Crippen molar-refractivity contribution in [3.05, 3.63) is 17.2 Å². The van der Waals surface area contributed by atoms with Crippen LogP contribution >= 0.6 is 0 Å². The largest absolute Gasteiger partial charge is 0.379 e. The van der Waals surface area contributed by atoms with Gasteiger partial charge in [0.15, 0.2) is 0 Å². The molecule has 124 valence electrons. The predicted octanol–water partition coefficient (Wildman–Crippen LogP) is 1.58. The predicted molar refractivity (Wildman–Crippen MR) is 87.9 cm³/mol. The molecule has 1 atom stereocenters. The van der Waals surface area contributed by atoms with Crippen LogP contribution in [0.2, 0.25) is 0 Å². The van der Waals surface area contributed by atoms with E-state index in [2.05, 4.69) is 35.3 Å². The molecule has 0 bridgehead atoms. The van der Waals surface area contributed by atoms with Gasteiger partial charge in [-0.25, -0.2) is 4.98 Å². The summed E-state index contributed by atoms with van der Waals surface area (Å²) < 4.78 is 7.70. The highest BCUT2D eigenvalue weighted by Gasteiger charge is 2.24. The fraction of sp³-hybridized carbons (Fsp3) is 0.824. The highest BCUT2D eigenvalue weighted by Crippen LogP contribution is 2.20. The van der Waals surface area contributed by atoms with Crippen LogP contribution in [0.15, 0.2) is 0 Å². The van der Waals surface area contributed by atoms with Crippen molar-refractivity contribution in [2.24, 2.45) is 13.0 Å². The van der Waals surface area contributed by atoms with E-state index in [1.54, 1.807) is 0 Å². The molecule has 1 unspecified atom stereocenters. The standard InChI is InChI=1S/C17H30N4O/c1-14-15(2)19(3)17(18-14)13-21-6-4-5-16(12-21)11-20-7-9-22-10-8-20/h16H,4-13H2,1-3H3. The molecule has 0 spiro atoms. The van der Waals surface area contributed by atoms with Crippen LogP contribution < -0.4 is 0 Å². The van der Waals surface area contributed by atoms with Gasteiger partial charge in [0, 0.05) is 38.9 Å². The summed E-state index contributed by atoms with van der Waals surface area (Å²) >= 11 is 0. The molecule has 22 heavy (non-hydrogen) atoms. The number of hydrogen-bond donors (Lipinski definition) is 0. The normalized spacial score (nSPS) is 24.8. The molecule has 0 aliphatic carbocycles. The van der Waals surface area contributed by atoms with Crippen LogP contribution in [0.1, 0.15) is 30.1 Å². The Labute approximate surface area is 134 Å². The van der Waals surface area contributed by atoms with Gasteiger partial charge < -0.3 is 9.30 Å². The van der Waals surface area contributed by atoms with Gasteiger partial charge in [-0.3, -0.25) is 9.80 Å². The first kappa shape index (κ1) is 16.0. The van der Waals surface area contributed by atoms with E-state index < -0.39 is 0 Å². The van der Waals surface area contributed by atoms with E-state index in [9.17, 15) is 0 Å². The molecular formula is C17H30N4O. The number of aryl methyl sites for hydroxylation is 1. The first-order valence-corrected chi connectivity index (χ1v) is 8.64. The number of piperidine rings is 1. The molecule has 5 nitrogen and oxygen atoms in total. The third kappa shape index (κ3) is 3.70. The second kappa shape index (κ2) is 7.11. The zero-order valence-electron chi connectivity index (χ0n) is 14.3. The fourth-order valence-electron chi connectivity index (χ4n) is 3.72. The molecule has 0 N–H and O–H groups in total. The van der Waals surface area contributed by atoms with Crippen LogP contribution in [0.4, 0.5) is 0 Å². The van der Waals surface area contributed by atoms with Gasteiger partial charge in [0.2, 0.25) is 0 Å². The molecule has 5 heteroatoms. The fourth-order valence-corrected chi connectivity index (χ4v) is 3.72. The van der Waals surface area contributed by atoms with E-state index in [4.69, 9.17) is 9.72 Å². The Morgan fingerprint density at radius 1 is 1.14 bits per heavy atom. The summed E-state index contributed by atoms with van der Waals surface area (Å²) in [6.07, 6.45) is 2.68. The number of hydrogen-bond acceptors (Lipinski definition) is 4. The third-order valence-electron chi connectivity index (χ3n) is 5.30. The number of morpholine rings is 1. The lowest BCUT2D eigenvalue weighted by atomic mass is 9.97. The van der Waals surface area contributed by atoms with Gasteiger partial charge in [-0.15, -0.1) is 0 Å². The first-order chi connectivity index (χ1) is 10.6. The van der Waals surface area contributed by atoms with Crippen molar-refractivity contribution in [3.8, 4) is 0 Å². The average Bonchev–Trinajstić information content (AvgIpc) is 2.76. The number of ether oxygens (including phenoxy) is 1. The van der Waals surface area contributed by atoms with Gasteiger partial charge >= 0.3 is 0 Å². The molecule has 2 saturated heterocycles. The molecule has 3 rings (SSSR count). The van der Waals surface area contributed by atoms with Gasteiger partial charge in [-0.2, -0.15) is 0 Å². The minimum Gasteiger partial charge on any atom is -0.379 e. The highest BCUT2D eigenvalue weighted by molar-refractivity contribution is 5.13. The molecule has 2 aliphatic heterocycles. The van der Waals surface area contributed by atoms with E-state index in [1.165, 1.54) is 49.7 Å². The Morgan fingerprint density at radius 3 is 2.59 bits per heavy atom. The maximum Gasteiger partial charge on any atom is 0.123 e. The Bertz CT molecular complexity index is 493. The van der Waals surface area contributed by atoms with Gasteiger partial charge in [-0.05, 0) is 39.2 Å². The van der Waals surface area contributed by atoms with E-state index in [0.717, 1.165) is 38.8 Å². The van der Waals surface area contributed by atoms with Gasteiger partial charge in [0.25, 0.3) is 0 Å². The van der Waals surface area contributed by atoms with Crippen LogP contribution in [0, 0.1) is 19.8 Å². The molecule has 0 saturated carbocycles. The van der Waals surface area contributed by atoms with Gasteiger partial charge in [-0.1, -0.05) is 0 Å². The third-order valence-corrected chi connectivity index (χ3v) is 5.30. The Hall–Kier alpha value is -0.910. The number of nitrogens with zero attached hydrogens (tertiary/aromatic N) is 4. The average molecular weight is 306 g/mol. The van der Waals surface area contributed by atoms with Crippen molar-refractivity contribution in [1.29, 1.82) is 0 Å². The van der Waals surface area contributed by atoms with E-state index in [0.29, 0.717) is 0 Å². The molecule has 2 fully saturated rings. The number of aromatic nitrogens is 2. The monoisotopic (exact) mass is 306 g/mol. The summed E-state index contributed by atoms with van der Waals surface area (Å²) in [7, 11) is 2.14. The molecule has 1 aromatic rings. The molecule has 2 aliphatic rings. The van der Waals surface area contributed by atoms with E-state index >= 15 is 0 Å². The minimum atomic E-state index is 0.800. The van der Waals surface area contributed by atoms with E-state index in [1.807, 2.05) is 0 Å². The number of likely N-dealkylation sites (tertiary alicyclic amines) is 1. The lowest BCUT2D eigenvalue weighted by Gasteiger charge is -2.36. The molecule has 3 heterocycles. The van der Waals surface area contributed by atoms with Crippen molar-refractivity contribution in [1.82, 2.24) is 19.4 Å². The number of imidazole rings is 1. The summed E-state index contributed by atoms with van der Waals surface area (Å²) in [4.78, 5) is 9.91. The summed E-state index contributed by atoms with van der Waals surface area (Å²) in [5.41, 5.74) is 2.45. The zero-order chi connectivity index (χ0) is 15.5. The van der Waals surface area contributed by atoms with Crippen molar-refractivity contribution in [3.63, 3.8) is 0 Å². The topological polar surface area (TPSA) is 33.5 Å². The second-order valence-corrected chi connectivity index (χ2v) is 6.91. The van der Waals surface area contributed by atoms with Crippen LogP contribution in [-0.4, -0.2) is 65.3 Å². The molecule has 0 aromatic carbocycles. The Morgan fingerprint density at radius 2 is 1.91 bits per heavy atom. The van der Waals surface area contributed by atoms with Crippen molar-refractivity contribution in [2.45, 2.75) is 33.2 Å². The smallest absolute Gasteiger partial charge is 0.123 e. The molecule has 0 radical (unpaired) electrons. The SMILES string of the molecule is Cc1nc(CN2CCCC(CN3CCOCC3)C2)n(C)c1C. The van der Waals surface area contributed by atoms with Crippen molar-refractivity contribution < 1.29 is 4.74 Å². The van der Waals surface area contributed by atoms with Gasteiger partial charge in [0.1, 0.15) is 5.82 Å². The summed E-state index contributed by atoms with van der Waals surface area (Å²) in [5.74, 6) is 2.01. The Balaban J connectivity index is 1.54. The summed E-state index contributed by atoms with van der Waals surface area (Å²) in [6.45, 7) is 12.9. The second-order valence-electron chi connectivity index (χ2n) is 6.91. The molecule has 0 amide bonds. The molecular weight excluding hydrogens is 276 g/mol. The lowest BCUT2D eigenvalue weighted by molar-refractivity contribution is 0.0222. The van der Waals surface area contributed by atoms with Crippen LogP contribution in [-0.2, 0) is 18.3 Å². The summed E-state index contributed by atoms with van der Waals surface area (Å²) in [6, 6.07) is 0. The minimum absolute atomic E-state index is 0.800.